The predicted molar refractivity (Wildman–Crippen MR) is 83.3 cm³/mol. The van der Waals surface area contributed by atoms with E-state index < -0.39 is 0 Å². The van der Waals surface area contributed by atoms with Crippen molar-refractivity contribution in [1.29, 1.82) is 0 Å². The van der Waals surface area contributed by atoms with E-state index in [9.17, 15) is 0 Å². The number of benzene rings is 1. The van der Waals surface area contributed by atoms with Gasteiger partial charge in [-0.3, -0.25) is 0 Å². The third kappa shape index (κ3) is 2.90. The van der Waals surface area contributed by atoms with Gasteiger partial charge in [-0.05, 0) is 32.0 Å². The average molecular weight is 281 g/mol. The number of fused-ring (bicyclic) bond motifs is 1. The minimum atomic E-state index is -0.0547. The smallest absolute Gasteiger partial charge is 0.137 e. The van der Waals surface area contributed by atoms with Crippen LogP contribution in [0.25, 0.3) is 5.65 Å². The Balaban J connectivity index is 1.81. The van der Waals surface area contributed by atoms with Crippen LogP contribution in [0.15, 0.2) is 48.8 Å². The standard InChI is InChI=1S/C17H19N3O/c1-12-6-7-16(15(9-12)13(2)18)21-11-14-10-20-8-4-3-5-17(20)19-14/h3-10,13H,11,18H2,1-2H3. The molecule has 4 nitrogen and oxygen atoms in total. The molecule has 0 aliphatic rings. The lowest BCUT2D eigenvalue weighted by Crippen LogP contribution is -2.08. The first-order valence-electron chi connectivity index (χ1n) is 7.05. The Hall–Kier alpha value is -2.33. The zero-order valence-electron chi connectivity index (χ0n) is 12.3. The molecule has 108 valence electrons. The van der Waals surface area contributed by atoms with Gasteiger partial charge in [-0.15, -0.1) is 0 Å². The van der Waals surface area contributed by atoms with Crippen LogP contribution in [-0.4, -0.2) is 9.38 Å². The molecule has 0 fully saturated rings. The van der Waals surface area contributed by atoms with Gasteiger partial charge in [-0.2, -0.15) is 0 Å². The van der Waals surface area contributed by atoms with Crippen LogP contribution in [0.1, 0.15) is 29.8 Å². The van der Waals surface area contributed by atoms with Gasteiger partial charge < -0.3 is 14.9 Å². The van der Waals surface area contributed by atoms with E-state index in [1.807, 2.05) is 54.0 Å². The van der Waals surface area contributed by atoms with Crippen molar-refractivity contribution >= 4 is 5.65 Å². The third-order valence-electron chi connectivity index (χ3n) is 3.45. The van der Waals surface area contributed by atoms with E-state index in [1.54, 1.807) is 0 Å². The van der Waals surface area contributed by atoms with Gasteiger partial charge in [0.1, 0.15) is 18.0 Å². The molecule has 0 amide bonds. The van der Waals surface area contributed by atoms with E-state index in [0.717, 1.165) is 22.7 Å². The second-order valence-corrected chi connectivity index (χ2v) is 5.32. The fraction of sp³-hybridized carbons (Fsp3) is 0.235. The molecular weight excluding hydrogens is 262 g/mol. The van der Waals surface area contributed by atoms with Crippen molar-refractivity contribution in [3.8, 4) is 5.75 Å². The molecule has 2 aromatic heterocycles. The van der Waals surface area contributed by atoms with Gasteiger partial charge in [0.25, 0.3) is 0 Å². The number of pyridine rings is 1. The van der Waals surface area contributed by atoms with Crippen LogP contribution in [0.5, 0.6) is 5.75 Å². The fourth-order valence-electron chi connectivity index (χ4n) is 2.36. The van der Waals surface area contributed by atoms with E-state index in [4.69, 9.17) is 10.5 Å². The number of hydrogen-bond acceptors (Lipinski definition) is 3. The molecule has 2 N–H and O–H groups in total. The molecule has 3 rings (SSSR count). The van der Waals surface area contributed by atoms with Crippen LogP contribution in [0.2, 0.25) is 0 Å². The van der Waals surface area contributed by atoms with Crippen LogP contribution in [0.4, 0.5) is 0 Å². The van der Waals surface area contributed by atoms with Gasteiger partial charge in [0, 0.05) is 24.0 Å². The van der Waals surface area contributed by atoms with Gasteiger partial charge in [-0.1, -0.05) is 23.8 Å². The Morgan fingerprint density at radius 1 is 1.29 bits per heavy atom. The van der Waals surface area contributed by atoms with E-state index in [0.29, 0.717) is 6.61 Å². The molecule has 0 radical (unpaired) electrons. The summed E-state index contributed by atoms with van der Waals surface area (Å²) in [5.74, 6) is 0.827. The minimum absolute atomic E-state index is 0.0547. The van der Waals surface area contributed by atoms with E-state index >= 15 is 0 Å². The molecule has 2 heterocycles. The van der Waals surface area contributed by atoms with E-state index in [-0.39, 0.29) is 6.04 Å². The van der Waals surface area contributed by atoms with Gasteiger partial charge in [0.2, 0.25) is 0 Å². The van der Waals surface area contributed by atoms with Crippen molar-refractivity contribution in [2.45, 2.75) is 26.5 Å². The average Bonchev–Trinajstić information content (AvgIpc) is 2.88. The summed E-state index contributed by atoms with van der Waals surface area (Å²) in [7, 11) is 0. The normalized spacial score (nSPS) is 12.5. The summed E-state index contributed by atoms with van der Waals surface area (Å²) in [5.41, 5.74) is 10.0. The van der Waals surface area contributed by atoms with Gasteiger partial charge in [0.05, 0.1) is 5.69 Å². The Morgan fingerprint density at radius 2 is 2.14 bits per heavy atom. The van der Waals surface area contributed by atoms with Gasteiger partial charge >= 0.3 is 0 Å². The Labute approximate surface area is 124 Å². The molecule has 0 aliphatic carbocycles. The first kappa shape index (κ1) is 13.6. The first-order valence-corrected chi connectivity index (χ1v) is 7.05. The minimum Gasteiger partial charge on any atom is -0.487 e. The molecule has 0 bridgehead atoms. The van der Waals surface area contributed by atoms with Crippen molar-refractivity contribution in [1.82, 2.24) is 9.38 Å². The number of nitrogens with two attached hydrogens (primary N) is 1. The highest BCUT2D eigenvalue weighted by atomic mass is 16.5. The summed E-state index contributed by atoms with van der Waals surface area (Å²) >= 11 is 0. The zero-order valence-corrected chi connectivity index (χ0v) is 12.3. The first-order chi connectivity index (χ1) is 10.1. The number of aromatic nitrogens is 2. The van der Waals surface area contributed by atoms with Gasteiger partial charge in [-0.25, -0.2) is 4.98 Å². The SMILES string of the molecule is Cc1ccc(OCc2cn3ccccc3n2)c(C(C)N)c1. The quantitative estimate of drug-likeness (QED) is 0.798. The predicted octanol–water partition coefficient (Wildman–Crippen LogP) is 3.24. The summed E-state index contributed by atoms with van der Waals surface area (Å²) in [5, 5.41) is 0. The van der Waals surface area contributed by atoms with E-state index in [2.05, 4.69) is 18.0 Å². The lowest BCUT2D eigenvalue weighted by Gasteiger charge is -2.14. The molecule has 4 heteroatoms. The number of hydrogen-bond donors (Lipinski definition) is 1. The Kier molecular flexibility index (Phi) is 3.62. The van der Waals surface area contributed by atoms with Crippen molar-refractivity contribution in [3.05, 3.63) is 65.6 Å². The third-order valence-corrected chi connectivity index (χ3v) is 3.45. The highest BCUT2D eigenvalue weighted by Crippen LogP contribution is 2.25. The molecule has 0 saturated heterocycles. The number of ether oxygens (including phenoxy) is 1. The van der Waals surface area contributed by atoms with Crippen molar-refractivity contribution in [2.24, 2.45) is 5.73 Å². The van der Waals surface area contributed by atoms with Crippen LogP contribution >= 0.6 is 0 Å². The maximum Gasteiger partial charge on any atom is 0.137 e. The molecule has 0 aliphatic heterocycles. The number of imidazole rings is 1. The zero-order chi connectivity index (χ0) is 14.8. The summed E-state index contributed by atoms with van der Waals surface area (Å²) in [6.07, 6.45) is 3.96. The Morgan fingerprint density at radius 3 is 2.90 bits per heavy atom. The molecule has 1 atom stereocenters. The number of rotatable bonds is 4. The molecule has 0 spiro atoms. The summed E-state index contributed by atoms with van der Waals surface area (Å²) in [6, 6.07) is 12.0. The monoisotopic (exact) mass is 281 g/mol. The second-order valence-electron chi connectivity index (χ2n) is 5.32. The highest BCUT2D eigenvalue weighted by molar-refractivity contribution is 5.40. The van der Waals surface area contributed by atoms with Gasteiger partial charge in [0.15, 0.2) is 0 Å². The molecule has 21 heavy (non-hydrogen) atoms. The maximum absolute atomic E-state index is 6.01. The van der Waals surface area contributed by atoms with E-state index in [1.165, 1.54) is 5.56 Å². The fourth-order valence-corrected chi connectivity index (χ4v) is 2.36. The molecule has 1 aromatic carbocycles. The van der Waals surface area contributed by atoms with Crippen molar-refractivity contribution in [3.63, 3.8) is 0 Å². The van der Waals surface area contributed by atoms with Crippen LogP contribution < -0.4 is 10.5 Å². The van der Waals surface area contributed by atoms with Crippen molar-refractivity contribution < 1.29 is 4.74 Å². The maximum atomic E-state index is 6.01. The lowest BCUT2D eigenvalue weighted by atomic mass is 10.1. The molecule has 0 saturated carbocycles. The van der Waals surface area contributed by atoms with Crippen LogP contribution in [0.3, 0.4) is 0 Å². The van der Waals surface area contributed by atoms with Crippen LogP contribution in [0, 0.1) is 6.92 Å². The molecular formula is C17H19N3O. The summed E-state index contributed by atoms with van der Waals surface area (Å²) in [4.78, 5) is 4.53. The lowest BCUT2D eigenvalue weighted by molar-refractivity contribution is 0.297. The number of nitrogens with zero attached hydrogens (tertiary/aromatic N) is 2. The summed E-state index contributed by atoms with van der Waals surface area (Å²) < 4.78 is 7.90. The van der Waals surface area contributed by atoms with Crippen LogP contribution in [-0.2, 0) is 6.61 Å². The van der Waals surface area contributed by atoms with Crippen molar-refractivity contribution in [2.75, 3.05) is 0 Å². The number of aryl methyl sites for hydroxylation is 1. The summed E-state index contributed by atoms with van der Waals surface area (Å²) in [6.45, 7) is 4.45. The topological polar surface area (TPSA) is 52.5 Å². The largest absolute Gasteiger partial charge is 0.487 e. The Bertz CT molecular complexity index is 729. The molecule has 1 unspecified atom stereocenters. The second kappa shape index (κ2) is 5.58. The highest BCUT2D eigenvalue weighted by Gasteiger charge is 2.09. The molecule has 3 aromatic rings.